The second-order valence-electron chi connectivity index (χ2n) is 7.77. The van der Waals surface area contributed by atoms with Crippen LogP contribution in [0.2, 0.25) is 0 Å². The highest BCUT2D eigenvalue weighted by Gasteiger charge is 2.45. The molecule has 2 N–H and O–H groups in total. The highest BCUT2D eigenvalue weighted by atomic mass is 16.5. The number of carbonyl (C=O) groups is 3. The highest BCUT2D eigenvalue weighted by Crippen LogP contribution is 2.38. The van der Waals surface area contributed by atoms with Gasteiger partial charge in [0.05, 0.1) is 12.6 Å². The van der Waals surface area contributed by atoms with E-state index in [4.69, 9.17) is 4.74 Å². The van der Waals surface area contributed by atoms with Gasteiger partial charge in [0.2, 0.25) is 5.91 Å². The summed E-state index contributed by atoms with van der Waals surface area (Å²) >= 11 is 0. The fourth-order valence-corrected chi connectivity index (χ4v) is 4.59. The Bertz CT molecular complexity index is 538. The lowest BCUT2D eigenvalue weighted by atomic mass is 9.76. The number of carboxylic acid groups (broad SMARTS) is 1. The maximum absolute atomic E-state index is 13.2. The van der Waals surface area contributed by atoms with Gasteiger partial charge in [0.15, 0.2) is 0 Å². The van der Waals surface area contributed by atoms with Crippen LogP contribution in [0.3, 0.4) is 0 Å². The molecular formula is C20H34N2O5. The van der Waals surface area contributed by atoms with Gasteiger partial charge in [-0.2, -0.15) is 0 Å². The van der Waals surface area contributed by atoms with Gasteiger partial charge in [0, 0.05) is 6.04 Å². The molecule has 1 aliphatic heterocycles. The summed E-state index contributed by atoms with van der Waals surface area (Å²) in [5.74, 6) is -1.12. The van der Waals surface area contributed by atoms with Crippen LogP contribution in [0, 0.1) is 5.92 Å². The second kappa shape index (κ2) is 10.1. The van der Waals surface area contributed by atoms with Crippen LogP contribution in [0.5, 0.6) is 0 Å². The fourth-order valence-electron chi connectivity index (χ4n) is 4.59. The lowest BCUT2D eigenvalue weighted by Crippen LogP contribution is -2.62. The second-order valence-corrected chi connectivity index (χ2v) is 7.77. The van der Waals surface area contributed by atoms with Crippen molar-refractivity contribution >= 4 is 17.8 Å². The Balaban J connectivity index is 2.14. The van der Waals surface area contributed by atoms with Crippen molar-refractivity contribution in [2.75, 3.05) is 6.61 Å². The normalized spacial score (nSPS) is 27.4. The molecule has 0 bridgehead atoms. The summed E-state index contributed by atoms with van der Waals surface area (Å²) < 4.78 is 5.11. The van der Waals surface area contributed by atoms with Crippen LogP contribution in [0.25, 0.3) is 0 Å². The molecule has 0 aromatic rings. The molecule has 27 heavy (non-hydrogen) atoms. The first-order valence-electron chi connectivity index (χ1n) is 10.4. The van der Waals surface area contributed by atoms with Crippen molar-refractivity contribution in [2.45, 2.75) is 96.3 Å². The highest BCUT2D eigenvalue weighted by molar-refractivity contribution is 5.88. The number of carboxylic acids is 1. The zero-order chi connectivity index (χ0) is 20.0. The van der Waals surface area contributed by atoms with E-state index in [0.29, 0.717) is 25.4 Å². The molecule has 7 heteroatoms. The Labute approximate surface area is 161 Å². The molecule has 2 aliphatic rings. The summed E-state index contributed by atoms with van der Waals surface area (Å²) in [7, 11) is 0. The third kappa shape index (κ3) is 5.21. The average molecular weight is 383 g/mol. The van der Waals surface area contributed by atoms with E-state index in [2.05, 4.69) is 5.32 Å². The molecule has 1 amide bonds. The van der Waals surface area contributed by atoms with Crippen molar-refractivity contribution in [3.8, 4) is 0 Å². The van der Waals surface area contributed by atoms with E-state index in [1.807, 2.05) is 6.92 Å². The van der Waals surface area contributed by atoms with Crippen molar-refractivity contribution in [1.82, 2.24) is 10.2 Å². The fraction of sp³-hybridized carbons (Fsp3) is 0.850. The molecular weight excluding hydrogens is 348 g/mol. The Morgan fingerprint density at radius 1 is 1.15 bits per heavy atom. The number of piperidine rings is 1. The van der Waals surface area contributed by atoms with Gasteiger partial charge in [-0.25, -0.2) is 4.79 Å². The number of hydrogen-bond acceptors (Lipinski definition) is 5. The summed E-state index contributed by atoms with van der Waals surface area (Å²) in [6.07, 6.45) is 6.83. The minimum absolute atomic E-state index is 0.00225. The van der Waals surface area contributed by atoms with Gasteiger partial charge in [-0.1, -0.05) is 26.2 Å². The first-order valence-corrected chi connectivity index (χ1v) is 10.4. The Kier molecular flexibility index (Phi) is 8.07. The zero-order valence-corrected chi connectivity index (χ0v) is 16.8. The topological polar surface area (TPSA) is 95.9 Å². The van der Waals surface area contributed by atoms with Gasteiger partial charge in [0.25, 0.3) is 0 Å². The van der Waals surface area contributed by atoms with E-state index in [-0.39, 0.29) is 17.9 Å². The monoisotopic (exact) mass is 382 g/mol. The molecule has 154 valence electrons. The molecule has 0 spiro atoms. The summed E-state index contributed by atoms with van der Waals surface area (Å²) in [5, 5.41) is 12.8. The van der Waals surface area contributed by atoms with Gasteiger partial charge in [-0.3, -0.25) is 14.9 Å². The summed E-state index contributed by atoms with van der Waals surface area (Å²) in [4.78, 5) is 38.8. The minimum Gasteiger partial charge on any atom is -0.480 e. The van der Waals surface area contributed by atoms with Crippen LogP contribution in [-0.2, 0) is 19.1 Å². The van der Waals surface area contributed by atoms with Crippen LogP contribution < -0.4 is 5.32 Å². The van der Waals surface area contributed by atoms with Crippen molar-refractivity contribution < 1.29 is 24.2 Å². The molecule has 5 atom stereocenters. The van der Waals surface area contributed by atoms with Crippen molar-refractivity contribution in [1.29, 1.82) is 0 Å². The number of carbonyl (C=O) groups excluding carboxylic acids is 2. The molecule has 7 nitrogen and oxygen atoms in total. The van der Waals surface area contributed by atoms with E-state index in [1.54, 1.807) is 18.7 Å². The maximum Gasteiger partial charge on any atom is 0.326 e. The maximum atomic E-state index is 13.2. The zero-order valence-electron chi connectivity index (χ0n) is 16.8. The molecule has 1 saturated carbocycles. The number of likely N-dealkylation sites (tertiary alicyclic amines) is 1. The van der Waals surface area contributed by atoms with E-state index >= 15 is 0 Å². The van der Waals surface area contributed by atoms with E-state index in [0.717, 1.165) is 38.5 Å². The molecule has 0 radical (unpaired) electrons. The van der Waals surface area contributed by atoms with E-state index in [9.17, 15) is 19.5 Å². The molecule has 2 rings (SSSR count). The standard InChI is InChI=1S/C20H34N2O5/c1-4-8-15(20(26)27-5-2)21-13(3)18(23)22-16-10-7-6-9-14(16)11-12-17(22)19(24)25/h13-17,21H,4-12H2,1-3H3,(H,24,25)/t13-,14-,15-,16-,17-/m0/s1. The number of esters is 1. The summed E-state index contributed by atoms with van der Waals surface area (Å²) in [6.45, 7) is 5.73. The molecule has 0 aromatic heterocycles. The number of fused-ring (bicyclic) bond motifs is 1. The molecule has 1 saturated heterocycles. The lowest BCUT2D eigenvalue weighted by molar-refractivity contribution is -0.159. The van der Waals surface area contributed by atoms with Crippen LogP contribution in [0.1, 0.15) is 72.1 Å². The lowest BCUT2D eigenvalue weighted by Gasteiger charge is -2.48. The predicted octanol–water partition coefficient (Wildman–Crippen LogP) is 2.33. The number of hydrogen-bond donors (Lipinski definition) is 2. The molecule has 0 aromatic carbocycles. The van der Waals surface area contributed by atoms with E-state index in [1.165, 1.54) is 0 Å². The van der Waals surface area contributed by atoms with Gasteiger partial charge in [-0.05, 0) is 51.9 Å². The summed E-state index contributed by atoms with van der Waals surface area (Å²) in [6, 6.07) is -1.96. The number of aliphatic carboxylic acids is 1. The number of nitrogens with zero attached hydrogens (tertiary/aromatic N) is 1. The van der Waals surface area contributed by atoms with E-state index < -0.39 is 24.1 Å². The first-order chi connectivity index (χ1) is 12.9. The number of amides is 1. The van der Waals surface area contributed by atoms with Crippen molar-refractivity contribution in [3.05, 3.63) is 0 Å². The molecule has 2 fully saturated rings. The number of rotatable bonds is 8. The van der Waals surface area contributed by atoms with Crippen molar-refractivity contribution in [3.63, 3.8) is 0 Å². The SMILES string of the molecule is CCC[C@H](N[C@@H](C)C(=O)N1[C@H](C(=O)O)CC[C@@H]2CCCC[C@@H]21)C(=O)OCC. The Morgan fingerprint density at radius 2 is 1.85 bits per heavy atom. The third-order valence-corrected chi connectivity index (χ3v) is 5.88. The van der Waals surface area contributed by atoms with Crippen LogP contribution in [0.15, 0.2) is 0 Å². The number of nitrogens with one attached hydrogen (secondary N) is 1. The Hall–Kier alpha value is -1.63. The van der Waals surface area contributed by atoms with Crippen LogP contribution >= 0.6 is 0 Å². The predicted molar refractivity (Wildman–Crippen MR) is 101 cm³/mol. The number of ether oxygens (including phenoxy) is 1. The average Bonchev–Trinajstić information content (AvgIpc) is 2.66. The Morgan fingerprint density at radius 3 is 2.48 bits per heavy atom. The van der Waals surface area contributed by atoms with Gasteiger partial charge in [-0.15, -0.1) is 0 Å². The molecule has 1 aliphatic carbocycles. The quantitative estimate of drug-likeness (QED) is 0.626. The van der Waals surface area contributed by atoms with Crippen LogP contribution in [-0.4, -0.2) is 58.6 Å². The summed E-state index contributed by atoms with van der Waals surface area (Å²) in [5.41, 5.74) is 0. The van der Waals surface area contributed by atoms with Gasteiger partial charge >= 0.3 is 11.9 Å². The van der Waals surface area contributed by atoms with Crippen molar-refractivity contribution in [2.24, 2.45) is 5.92 Å². The molecule has 0 unspecified atom stereocenters. The smallest absolute Gasteiger partial charge is 0.326 e. The largest absolute Gasteiger partial charge is 0.480 e. The van der Waals surface area contributed by atoms with Gasteiger partial charge in [0.1, 0.15) is 12.1 Å². The molecule has 1 heterocycles. The first kappa shape index (κ1) is 21.7. The van der Waals surface area contributed by atoms with Crippen LogP contribution in [0.4, 0.5) is 0 Å². The third-order valence-electron chi connectivity index (χ3n) is 5.88. The minimum atomic E-state index is -0.935. The van der Waals surface area contributed by atoms with Gasteiger partial charge < -0.3 is 14.7 Å².